The Bertz CT molecular complexity index is 262. The van der Waals surface area contributed by atoms with Crippen molar-refractivity contribution in [2.75, 3.05) is 6.54 Å². The lowest BCUT2D eigenvalue weighted by atomic mass is 10.0. The quantitative estimate of drug-likeness (QED) is 0.718. The number of nitrogens with zero attached hydrogens (tertiary/aromatic N) is 2. The van der Waals surface area contributed by atoms with Gasteiger partial charge in [0, 0.05) is 6.42 Å². The summed E-state index contributed by atoms with van der Waals surface area (Å²) in [6, 6.07) is 0.380. The average molecular weight is 180 g/mol. The van der Waals surface area contributed by atoms with E-state index in [0.717, 1.165) is 24.6 Å². The number of aryl methyl sites for hydroxylation is 1. The summed E-state index contributed by atoms with van der Waals surface area (Å²) in [4.78, 5) is 4.42. The van der Waals surface area contributed by atoms with Gasteiger partial charge in [0.15, 0.2) is 5.82 Å². The molecule has 1 saturated heterocycles. The van der Waals surface area contributed by atoms with E-state index in [9.17, 15) is 0 Å². The molecule has 13 heavy (non-hydrogen) atoms. The van der Waals surface area contributed by atoms with E-state index in [4.69, 9.17) is 0 Å². The van der Waals surface area contributed by atoms with Crippen molar-refractivity contribution < 1.29 is 0 Å². The molecule has 2 N–H and O–H groups in total. The molecule has 0 bridgehead atoms. The smallest absolute Gasteiger partial charge is 0.167 e. The molecular formula is C9H16N4. The van der Waals surface area contributed by atoms with Gasteiger partial charge in [-0.25, -0.2) is 4.98 Å². The van der Waals surface area contributed by atoms with Crippen LogP contribution in [0.1, 0.15) is 43.9 Å². The maximum Gasteiger partial charge on any atom is 0.167 e. The van der Waals surface area contributed by atoms with Gasteiger partial charge in [0.2, 0.25) is 0 Å². The molecule has 1 atom stereocenters. The molecule has 1 fully saturated rings. The van der Waals surface area contributed by atoms with Gasteiger partial charge in [0.05, 0.1) is 6.04 Å². The molecule has 0 radical (unpaired) electrons. The van der Waals surface area contributed by atoms with Crippen molar-refractivity contribution in [1.82, 2.24) is 20.5 Å². The lowest BCUT2D eigenvalue weighted by Gasteiger charge is -2.20. The summed E-state index contributed by atoms with van der Waals surface area (Å²) in [5.41, 5.74) is 0. The van der Waals surface area contributed by atoms with Crippen LogP contribution in [0.5, 0.6) is 0 Å². The monoisotopic (exact) mass is 180 g/mol. The number of rotatable bonds is 2. The Morgan fingerprint density at radius 3 is 3.00 bits per heavy atom. The van der Waals surface area contributed by atoms with Gasteiger partial charge < -0.3 is 5.32 Å². The third kappa shape index (κ3) is 1.88. The molecule has 72 valence electrons. The van der Waals surface area contributed by atoms with Gasteiger partial charge in [-0.3, -0.25) is 5.10 Å². The number of hydrogen-bond acceptors (Lipinski definition) is 3. The van der Waals surface area contributed by atoms with E-state index < -0.39 is 0 Å². The predicted octanol–water partition coefficient (Wildman–Crippen LogP) is 1.18. The molecule has 4 heteroatoms. The van der Waals surface area contributed by atoms with E-state index in [-0.39, 0.29) is 0 Å². The molecule has 1 aliphatic heterocycles. The highest BCUT2D eigenvalue weighted by Gasteiger charge is 2.18. The van der Waals surface area contributed by atoms with Crippen molar-refractivity contribution in [3.8, 4) is 0 Å². The zero-order valence-corrected chi connectivity index (χ0v) is 8.01. The molecule has 1 aromatic heterocycles. The Balaban J connectivity index is 2.05. The number of aromatic nitrogens is 3. The SMILES string of the molecule is CCc1nc([C@@H]2CCCCN2)n[nH]1. The summed E-state index contributed by atoms with van der Waals surface area (Å²) in [6.07, 6.45) is 4.66. The third-order valence-electron chi connectivity index (χ3n) is 2.51. The molecule has 0 aliphatic carbocycles. The predicted molar refractivity (Wildman–Crippen MR) is 50.4 cm³/mol. The van der Waals surface area contributed by atoms with E-state index in [2.05, 4.69) is 27.4 Å². The molecular weight excluding hydrogens is 164 g/mol. The van der Waals surface area contributed by atoms with Gasteiger partial charge >= 0.3 is 0 Å². The maximum atomic E-state index is 4.42. The highest BCUT2D eigenvalue weighted by atomic mass is 15.2. The van der Waals surface area contributed by atoms with Crippen molar-refractivity contribution in [2.24, 2.45) is 0 Å². The van der Waals surface area contributed by atoms with Crippen LogP contribution >= 0.6 is 0 Å². The van der Waals surface area contributed by atoms with Crippen LogP contribution in [0.2, 0.25) is 0 Å². The lowest BCUT2D eigenvalue weighted by molar-refractivity contribution is 0.398. The van der Waals surface area contributed by atoms with E-state index >= 15 is 0 Å². The first-order valence-corrected chi connectivity index (χ1v) is 5.04. The third-order valence-corrected chi connectivity index (χ3v) is 2.51. The van der Waals surface area contributed by atoms with Crippen LogP contribution in [-0.2, 0) is 6.42 Å². The Labute approximate surface area is 78.1 Å². The van der Waals surface area contributed by atoms with Crippen LogP contribution in [0.4, 0.5) is 0 Å². The maximum absolute atomic E-state index is 4.42. The van der Waals surface area contributed by atoms with Gasteiger partial charge in [-0.1, -0.05) is 13.3 Å². The summed E-state index contributed by atoms with van der Waals surface area (Å²) in [7, 11) is 0. The highest BCUT2D eigenvalue weighted by Crippen LogP contribution is 2.19. The summed E-state index contributed by atoms with van der Waals surface area (Å²) in [5, 5.41) is 10.6. The van der Waals surface area contributed by atoms with Gasteiger partial charge in [0.1, 0.15) is 5.82 Å². The van der Waals surface area contributed by atoms with Crippen molar-refractivity contribution in [3.63, 3.8) is 0 Å². The van der Waals surface area contributed by atoms with Crippen LogP contribution in [0, 0.1) is 0 Å². The van der Waals surface area contributed by atoms with Crippen molar-refractivity contribution in [2.45, 2.75) is 38.6 Å². The Morgan fingerprint density at radius 1 is 1.46 bits per heavy atom. The fraction of sp³-hybridized carbons (Fsp3) is 0.778. The Hall–Kier alpha value is -0.900. The molecule has 0 amide bonds. The first-order valence-electron chi connectivity index (χ1n) is 5.04. The normalized spacial score (nSPS) is 23.3. The topological polar surface area (TPSA) is 53.6 Å². The second-order valence-corrected chi connectivity index (χ2v) is 3.50. The molecule has 2 rings (SSSR count). The van der Waals surface area contributed by atoms with Crippen LogP contribution in [-0.4, -0.2) is 21.7 Å². The molecule has 1 aromatic rings. The van der Waals surface area contributed by atoms with Gasteiger partial charge in [-0.05, 0) is 19.4 Å². The second-order valence-electron chi connectivity index (χ2n) is 3.50. The number of H-pyrrole nitrogens is 1. The van der Waals surface area contributed by atoms with Crippen LogP contribution < -0.4 is 5.32 Å². The van der Waals surface area contributed by atoms with E-state index in [1.165, 1.54) is 19.3 Å². The number of hydrogen-bond donors (Lipinski definition) is 2. The fourth-order valence-electron chi connectivity index (χ4n) is 1.70. The molecule has 0 unspecified atom stereocenters. The van der Waals surface area contributed by atoms with Crippen LogP contribution in [0.3, 0.4) is 0 Å². The summed E-state index contributed by atoms with van der Waals surface area (Å²) < 4.78 is 0. The van der Waals surface area contributed by atoms with E-state index in [1.807, 2.05) is 0 Å². The fourth-order valence-corrected chi connectivity index (χ4v) is 1.70. The first kappa shape index (κ1) is 8.69. The highest BCUT2D eigenvalue weighted by molar-refractivity contribution is 4.97. The molecule has 0 saturated carbocycles. The number of piperidine rings is 1. The van der Waals surface area contributed by atoms with Gasteiger partial charge in [0.25, 0.3) is 0 Å². The van der Waals surface area contributed by atoms with Crippen LogP contribution in [0.25, 0.3) is 0 Å². The molecule has 1 aliphatic rings. The molecule has 0 spiro atoms. The summed E-state index contributed by atoms with van der Waals surface area (Å²) >= 11 is 0. The standard InChI is InChI=1S/C9H16N4/c1-2-8-11-9(13-12-8)7-5-3-4-6-10-7/h7,10H,2-6H2,1H3,(H,11,12,13)/t7-/m0/s1. The second kappa shape index (κ2) is 3.87. The summed E-state index contributed by atoms with van der Waals surface area (Å²) in [6.45, 7) is 3.18. The van der Waals surface area contributed by atoms with Crippen molar-refractivity contribution in [3.05, 3.63) is 11.6 Å². The Kier molecular flexibility index (Phi) is 2.59. The molecule has 0 aromatic carbocycles. The van der Waals surface area contributed by atoms with E-state index in [0.29, 0.717) is 6.04 Å². The minimum absolute atomic E-state index is 0.380. The average Bonchev–Trinajstić information content (AvgIpc) is 2.67. The zero-order chi connectivity index (χ0) is 9.10. The van der Waals surface area contributed by atoms with Crippen molar-refractivity contribution >= 4 is 0 Å². The summed E-state index contributed by atoms with van der Waals surface area (Å²) in [5.74, 6) is 1.93. The minimum atomic E-state index is 0.380. The van der Waals surface area contributed by atoms with Gasteiger partial charge in [-0.2, -0.15) is 5.10 Å². The van der Waals surface area contributed by atoms with Gasteiger partial charge in [-0.15, -0.1) is 0 Å². The zero-order valence-electron chi connectivity index (χ0n) is 8.01. The van der Waals surface area contributed by atoms with E-state index in [1.54, 1.807) is 0 Å². The number of nitrogens with one attached hydrogen (secondary N) is 2. The van der Waals surface area contributed by atoms with Crippen LogP contribution in [0.15, 0.2) is 0 Å². The number of aromatic amines is 1. The molecule has 4 nitrogen and oxygen atoms in total. The lowest BCUT2D eigenvalue weighted by Crippen LogP contribution is -2.27. The minimum Gasteiger partial charge on any atom is -0.307 e. The first-order chi connectivity index (χ1) is 6.40. The largest absolute Gasteiger partial charge is 0.307 e. The Morgan fingerprint density at radius 2 is 2.38 bits per heavy atom. The molecule has 2 heterocycles. The van der Waals surface area contributed by atoms with Crippen molar-refractivity contribution in [1.29, 1.82) is 0 Å².